The van der Waals surface area contributed by atoms with Crippen LogP contribution in [-0.2, 0) is 129 Å². The fourth-order valence-electron chi connectivity index (χ4n) is 16.8. The number of nitrogens with one attached hydrogen (secondary N) is 1. The van der Waals surface area contributed by atoms with Crippen LogP contribution in [0.5, 0.6) is 0 Å². The summed E-state index contributed by atoms with van der Waals surface area (Å²) in [5.41, 5.74) is 1.43. The first-order valence-corrected chi connectivity index (χ1v) is 34.1. The van der Waals surface area contributed by atoms with Gasteiger partial charge in [-0.15, -0.1) is 0 Å². The summed E-state index contributed by atoms with van der Waals surface area (Å²) in [5, 5.41) is 14.8. The largest absolute Gasteiger partial charge is 0.465 e. The molecule has 29 heteroatoms. The zero-order valence-electron chi connectivity index (χ0n) is 59.4. The minimum Gasteiger partial charge on any atom is -0.465 e. The molecule has 1 amide bonds. The van der Waals surface area contributed by atoms with Crippen LogP contribution in [0.25, 0.3) is 0 Å². The number of aliphatic hydroxyl groups excluding tert-OH is 1. The van der Waals surface area contributed by atoms with Crippen LogP contribution in [0, 0.1) is 46.3 Å². The van der Waals surface area contributed by atoms with Crippen LogP contribution in [0.3, 0.4) is 0 Å². The summed E-state index contributed by atoms with van der Waals surface area (Å²) in [7, 11) is 0.906. The molecule has 0 aromatic carbocycles. The van der Waals surface area contributed by atoms with E-state index in [-0.39, 0.29) is 10.8 Å². The molecule has 0 spiro atoms. The Morgan fingerprint density at radius 1 is 0.622 bits per heavy atom. The summed E-state index contributed by atoms with van der Waals surface area (Å²) in [5.74, 6) is -10.0. The minimum absolute atomic E-state index is 0.115. The Labute approximate surface area is 572 Å². The van der Waals surface area contributed by atoms with Crippen molar-refractivity contribution in [1.29, 1.82) is 0 Å². The third kappa shape index (κ3) is 19.2. The fourth-order valence-corrected chi connectivity index (χ4v) is 16.8. The quantitative estimate of drug-likeness (QED) is 0.0587. The van der Waals surface area contributed by atoms with Gasteiger partial charge in [0.25, 0.3) is 5.79 Å². The summed E-state index contributed by atoms with van der Waals surface area (Å²) >= 11 is 0. The lowest BCUT2D eigenvalue weighted by Crippen LogP contribution is -2.70. The standard InChI is InChI=1S/C69H103NO28/c1-33(2)18-17-19-34(3)48-22-23-49-47-21-20-45-28-46(24-26-67(45,14)50(47)25-27-68(48,49)15)94-64-63(93-44(13)80)61(91-42(11)78)58(54(96-64)31-85-37(6)73)97-65-62(92-43(12)79)60(90-41(10)77)56(81)52(95-65)32-86-69(66(82)83-16)29-51(87-38(7)74)55(70-35(4)71)59(98-69)57(89-40(9)76)53(88-39(8)75)30-84-36(5)72/h20,33-34,46-65,81H,17-19,21-32H2,1-16H3,(H,70,71)/t34-,46+,47+,48-,49+,50+,51+,52-,53?,54-,55-,56+,57+,58-,59-,60+,61+,62-,63-,64-,65+,67+,68-,69+/m1/s1. The molecule has 7 aliphatic rings. The molecule has 7 rings (SSSR count). The predicted octanol–water partition coefficient (Wildman–Crippen LogP) is 5.44. The van der Waals surface area contributed by atoms with Gasteiger partial charge in [-0.25, -0.2) is 4.79 Å². The van der Waals surface area contributed by atoms with E-state index in [1.54, 1.807) is 0 Å². The first-order valence-electron chi connectivity index (χ1n) is 34.1. The highest BCUT2D eigenvalue weighted by atomic mass is 16.8. The number of aliphatic hydroxyl groups is 1. The Kier molecular flexibility index (Phi) is 27.3. The summed E-state index contributed by atoms with van der Waals surface area (Å²) in [6.07, 6.45) is -13.4. The summed E-state index contributed by atoms with van der Waals surface area (Å²) in [4.78, 5) is 144. The molecule has 3 heterocycles. The van der Waals surface area contributed by atoms with Gasteiger partial charge in [-0.2, -0.15) is 0 Å². The van der Waals surface area contributed by atoms with Crippen LogP contribution in [0.15, 0.2) is 11.6 Å². The Balaban J connectivity index is 1.23. The Morgan fingerprint density at radius 3 is 1.80 bits per heavy atom. The number of amides is 1. The number of esters is 10. The van der Waals surface area contributed by atoms with Gasteiger partial charge < -0.3 is 86.2 Å². The Bertz CT molecular complexity index is 2920. The lowest BCUT2D eigenvalue weighted by atomic mass is 9.47. The molecule has 0 bridgehead atoms. The van der Waals surface area contributed by atoms with Crippen LogP contribution in [0.1, 0.15) is 181 Å². The molecular formula is C69H103NO28. The highest BCUT2D eigenvalue weighted by Crippen LogP contribution is 2.67. The van der Waals surface area contributed by atoms with Gasteiger partial charge in [-0.3, -0.25) is 47.9 Å². The zero-order chi connectivity index (χ0) is 72.5. The molecule has 29 nitrogen and oxygen atoms in total. The normalized spacial score (nSPS) is 35.9. The number of hydrogen-bond donors (Lipinski definition) is 2. The van der Waals surface area contributed by atoms with Gasteiger partial charge in [0.05, 0.1) is 32.3 Å². The van der Waals surface area contributed by atoms with Crippen molar-refractivity contribution in [3.8, 4) is 0 Å². The Hall–Kier alpha value is -6.37. The van der Waals surface area contributed by atoms with Crippen molar-refractivity contribution in [2.45, 2.75) is 285 Å². The summed E-state index contributed by atoms with van der Waals surface area (Å²) in [6, 6.07) is -1.61. The average Bonchev–Trinajstić information content (AvgIpc) is 1.36. The predicted molar refractivity (Wildman–Crippen MR) is 336 cm³/mol. The van der Waals surface area contributed by atoms with Gasteiger partial charge in [0.2, 0.25) is 5.91 Å². The number of rotatable bonds is 27. The molecule has 4 aliphatic carbocycles. The van der Waals surface area contributed by atoms with Gasteiger partial charge in [0, 0.05) is 69.2 Å². The summed E-state index contributed by atoms with van der Waals surface area (Å²) < 4.78 is 95.4. The lowest BCUT2D eigenvalue weighted by Gasteiger charge is -2.58. The second kappa shape index (κ2) is 33.9. The Morgan fingerprint density at radius 2 is 1.21 bits per heavy atom. The highest BCUT2D eigenvalue weighted by molar-refractivity contribution is 5.79. The molecule has 24 atom stereocenters. The molecule has 0 aromatic rings. The van der Waals surface area contributed by atoms with E-state index in [1.165, 1.54) is 44.1 Å². The number of fused-ring (bicyclic) bond motifs is 5. The van der Waals surface area contributed by atoms with E-state index in [4.69, 9.17) is 75.8 Å². The van der Waals surface area contributed by atoms with Gasteiger partial charge in [-0.05, 0) is 97.7 Å². The lowest BCUT2D eigenvalue weighted by molar-refractivity contribution is -0.371. The molecular weight excluding hydrogens is 1290 g/mol. The zero-order valence-corrected chi connectivity index (χ0v) is 59.4. The minimum atomic E-state index is -2.90. The molecule has 3 saturated carbocycles. The average molecular weight is 1390 g/mol. The molecule has 6 fully saturated rings. The van der Waals surface area contributed by atoms with Crippen LogP contribution in [-0.4, -0.2) is 201 Å². The topological polar surface area (TPSA) is 368 Å². The monoisotopic (exact) mass is 1390 g/mol. The molecule has 0 aromatic heterocycles. The van der Waals surface area contributed by atoms with E-state index in [1.807, 2.05) is 0 Å². The van der Waals surface area contributed by atoms with Crippen LogP contribution < -0.4 is 5.32 Å². The molecule has 98 heavy (non-hydrogen) atoms. The van der Waals surface area contributed by atoms with Gasteiger partial charge in [0.15, 0.2) is 49.2 Å². The molecule has 0 radical (unpaired) electrons. The van der Waals surface area contributed by atoms with Crippen molar-refractivity contribution < 1.29 is 134 Å². The third-order valence-electron chi connectivity index (χ3n) is 20.7. The van der Waals surface area contributed by atoms with Crippen LogP contribution in [0.4, 0.5) is 0 Å². The molecule has 3 saturated heterocycles. The smallest absolute Gasteiger partial charge is 0.366 e. The van der Waals surface area contributed by atoms with E-state index in [9.17, 15) is 57.8 Å². The van der Waals surface area contributed by atoms with E-state index in [2.05, 4.69) is 46.0 Å². The number of allylic oxidation sites excluding steroid dienone is 1. The van der Waals surface area contributed by atoms with Gasteiger partial charge in [-0.1, -0.05) is 65.5 Å². The third-order valence-corrected chi connectivity index (χ3v) is 20.7. The van der Waals surface area contributed by atoms with Crippen LogP contribution >= 0.6 is 0 Å². The SMILES string of the molecule is COC(=O)[C@]1(OC[C@H]2O[C@@H](O[C@H]3[C@H](OC(C)=O)[C@@H](OC(C)=O)[C@H](O[C@H]4CC[C@@]5(C)C(=CC[C@H]6[C@@H]7CC[C@H]([C@H](C)CCCC(C)C)[C@@]7(C)CC[C@@H]65)C4)O[C@@H]3COC(C)=O)[C@H](OC(C)=O)[C@@H](OC(C)=O)[C@H]2O)C[C@H](OC(C)=O)[C@@H](NC(C)=O)[C@H]([C@@H](OC(C)=O)C(COC(C)=O)OC(C)=O)O1. The van der Waals surface area contributed by atoms with E-state index < -0.39 is 196 Å². The van der Waals surface area contributed by atoms with Crippen molar-refractivity contribution in [3.63, 3.8) is 0 Å². The highest BCUT2D eigenvalue weighted by Gasteiger charge is 2.63. The van der Waals surface area contributed by atoms with Gasteiger partial charge in [0.1, 0.15) is 49.8 Å². The van der Waals surface area contributed by atoms with Gasteiger partial charge >= 0.3 is 59.7 Å². The van der Waals surface area contributed by atoms with Crippen molar-refractivity contribution in [2.24, 2.45) is 46.3 Å². The maximum Gasteiger partial charge on any atom is 0.366 e. The van der Waals surface area contributed by atoms with Crippen molar-refractivity contribution in [1.82, 2.24) is 5.32 Å². The summed E-state index contributed by atoms with van der Waals surface area (Å²) in [6.45, 7) is 19.7. The first kappa shape index (κ1) is 79.0. The van der Waals surface area contributed by atoms with Crippen molar-refractivity contribution in [2.75, 3.05) is 26.9 Å². The molecule has 1 unspecified atom stereocenters. The van der Waals surface area contributed by atoms with E-state index >= 15 is 0 Å². The van der Waals surface area contributed by atoms with Crippen molar-refractivity contribution >= 4 is 65.6 Å². The molecule has 2 N–H and O–H groups in total. The van der Waals surface area contributed by atoms with Crippen molar-refractivity contribution in [3.05, 3.63) is 11.6 Å². The number of carbonyl (C=O) groups excluding carboxylic acids is 11. The molecule has 3 aliphatic heterocycles. The molecule has 552 valence electrons. The second-order valence-electron chi connectivity index (χ2n) is 28.3. The maximum absolute atomic E-state index is 14.5. The first-order chi connectivity index (χ1) is 46.0. The van der Waals surface area contributed by atoms with E-state index in [0.717, 1.165) is 95.6 Å². The second-order valence-corrected chi connectivity index (χ2v) is 28.3. The number of hydrogen-bond acceptors (Lipinski definition) is 28. The maximum atomic E-state index is 14.5. The fraction of sp³-hybridized carbons (Fsp3) is 0.812. The number of carbonyl (C=O) groups is 11. The number of methoxy groups -OCH3 is 1. The number of ether oxygens (including phenoxy) is 16. The van der Waals surface area contributed by atoms with Crippen LogP contribution in [0.2, 0.25) is 0 Å². The van der Waals surface area contributed by atoms with E-state index in [0.29, 0.717) is 48.3 Å².